The maximum absolute atomic E-state index is 11.5. The van der Waals surface area contributed by atoms with E-state index in [0.29, 0.717) is 5.82 Å². The maximum atomic E-state index is 11.5. The predicted octanol–water partition coefficient (Wildman–Crippen LogP) is -0.999. The van der Waals surface area contributed by atoms with Crippen LogP contribution in [0.25, 0.3) is 0 Å². The number of carboxylic acid groups (broad SMARTS) is 1. The number of hydrogen-bond acceptors (Lipinski definition) is 5. The number of nitrogens with one attached hydrogen (secondary N) is 3. The molecule has 0 aliphatic heterocycles. The molecule has 0 aromatic carbocycles. The molecule has 0 aliphatic rings. The molecule has 0 radical (unpaired) electrons. The molecule has 0 fully saturated rings. The second-order valence-electron chi connectivity index (χ2n) is 3.61. The third kappa shape index (κ3) is 4.01. The van der Waals surface area contributed by atoms with Gasteiger partial charge in [-0.05, 0) is 6.92 Å². The Balaban J connectivity index is 2.47. The molecule has 2 atom stereocenters. The summed E-state index contributed by atoms with van der Waals surface area (Å²) in [5.74, 6) is -0.745. The van der Waals surface area contributed by atoms with Crippen molar-refractivity contribution >= 4 is 12.0 Å². The van der Waals surface area contributed by atoms with Crippen molar-refractivity contribution in [3.05, 3.63) is 12.2 Å². The van der Waals surface area contributed by atoms with E-state index >= 15 is 0 Å². The van der Waals surface area contributed by atoms with Crippen molar-refractivity contribution in [3.63, 3.8) is 0 Å². The Morgan fingerprint density at radius 2 is 2.22 bits per heavy atom. The van der Waals surface area contributed by atoms with Crippen molar-refractivity contribution in [3.8, 4) is 0 Å². The number of amides is 2. The average molecular weight is 257 g/mol. The summed E-state index contributed by atoms with van der Waals surface area (Å²) in [6, 6.07) is -2.22. The van der Waals surface area contributed by atoms with Crippen molar-refractivity contribution in [2.45, 2.75) is 25.4 Å². The van der Waals surface area contributed by atoms with E-state index in [0.717, 1.165) is 0 Å². The van der Waals surface area contributed by atoms with Crippen LogP contribution in [0.4, 0.5) is 4.79 Å². The lowest BCUT2D eigenvalue weighted by Crippen LogP contribution is -2.47. The lowest BCUT2D eigenvalue weighted by molar-refractivity contribution is -0.139. The van der Waals surface area contributed by atoms with Crippen molar-refractivity contribution in [2.75, 3.05) is 6.61 Å². The molecule has 2 unspecified atom stereocenters. The number of carboxylic acids is 1. The van der Waals surface area contributed by atoms with Gasteiger partial charge < -0.3 is 20.8 Å². The molecule has 0 spiro atoms. The number of rotatable bonds is 6. The minimum atomic E-state index is -1.20. The molecule has 100 valence electrons. The molecule has 1 aromatic heterocycles. The minimum Gasteiger partial charge on any atom is -0.480 e. The second kappa shape index (κ2) is 6.55. The summed E-state index contributed by atoms with van der Waals surface area (Å²) < 4.78 is 0. The highest BCUT2D eigenvalue weighted by Gasteiger charge is 2.20. The van der Waals surface area contributed by atoms with E-state index in [9.17, 15) is 9.59 Å². The fraction of sp³-hybridized carbons (Fsp3) is 0.556. The van der Waals surface area contributed by atoms with E-state index in [1.54, 1.807) is 6.92 Å². The maximum Gasteiger partial charge on any atom is 0.326 e. The van der Waals surface area contributed by atoms with Crippen LogP contribution in [0.15, 0.2) is 6.33 Å². The van der Waals surface area contributed by atoms with Gasteiger partial charge in [-0.25, -0.2) is 14.6 Å². The molecule has 1 heterocycles. The van der Waals surface area contributed by atoms with Gasteiger partial charge in [0.15, 0.2) is 0 Å². The highest BCUT2D eigenvalue weighted by atomic mass is 16.4. The molecule has 1 aromatic rings. The highest BCUT2D eigenvalue weighted by Crippen LogP contribution is 2.03. The third-order valence-corrected chi connectivity index (χ3v) is 2.21. The Hall–Kier alpha value is -2.16. The molecule has 5 N–H and O–H groups in total. The fourth-order valence-corrected chi connectivity index (χ4v) is 1.27. The van der Waals surface area contributed by atoms with Gasteiger partial charge >= 0.3 is 12.0 Å². The lowest BCUT2D eigenvalue weighted by atomic mass is 10.2. The summed E-state index contributed by atoms with van der Waals surface area (Å²) in [6.07, 6.45) is 1.25. The Bertz CT molecular complexity index is 394. The number of carbonyl (C=O) groups excluding carboxylic acids is 1. The number of aromatic nitrogens is 3. The zero-order valence-corrected chi connectivity index (χ0v) is 9.75. The molecule has 9 nitrogen and oxygen atoms in total. The third-order valence-electron chi connectivity index (χ3n) is 2.21. The normalized spacial score (nSPS) is 13.7. The van der Waals surface area contributed by atoms with Crippen LogP contribution in [0.5, 0.6) is 0 Å². The molecule has 0 aliphatic carbocycles. The number of aromatic amines is 1. The standard InChI is InChI=1S/C9H15N5O4/c1-5(7-10-4-11-14-7)12-9(18)13-6(2-3-15)8(16)17/h4-6,15H,2-3H2,1H3,(H,16,17)(H,10,11,14)(H2,12,13,18). The zero-order chi connectivity index (χ0) is 13.5. The molecule has 18 heavy (non-hydrogen) atoms. The van der Waals surface area contributed by atoms with Gasteiger partial charge in [-0.15, -0.1) is 0 Å². The van der Waals surface area contributed by atoms with Gasteiger partial charge in [0.05, 0.1) is 6.04 Å². The van der Waals surface area contributed by atoms with Crippen LogP contribution in [-0.4, -0.2) is 50.0 Å². The van der Waals surface area contributed by atoms with E-state index in [4.69, 9.17) is 10.2 Å². The van der Waals surface area contributed by atoms with Crippen LogP contribution in [0.2, 0.25) is 0 Å². The topological polar surface area (TPSA) is 140 Å². The Morgan fingerprint density at radius 3 is 2.72 bits per heavy atom. The molecular weight excluding hydrogens is 242 g/mol. The first-order chi connectivity index (χ1) is 8.54. The molecule has 2 amide bonds. The summed E-state index contributed by atoms with van der Waals surface area (Å²) in [4.78, 5) is 26.1. The van der Waals surface area contributed by atoms with E-state index in [1.165, 1.54) is 6.33 Å². The van der Waals surface area contributed by atoms with Crippen molar-refractivity contribution in [1.29, 1.82) is 0 Å². The Kier molecular flexibility index (Phi) is 5.06. The number of aliphatic hydroxyl groups excluding tert-OH is 1. The van der Waals surface area contributed by atoms with Crippen LogP contribution < -0.4 is 10.6 Å². The van der Waals surface area contributed by atoms with Gasteiger partial charge in [0.25, 0.3) is 0 Å². The minimum absolute atomic E-state index is 0.0561. The van der Waals surface area contributed by atoms with Crippen molar-refractivity contribution < 1.29 is 19.8 Å². The van der Waals surface area contributed by atoms with E-state index in [2.05, 4.69) is 25.8 Å². The summed E-state index contributed by atoms with van der Waals surface area (Å²) in [5, 5.41) is 28.4. The van der Waals surface area contributed by atoms with Gasteiger partial charge in [0.1, 0.15) is 18.2 Å². The molecule has 9 heteroatoms. The summed E-state index contributed by atoms with van der Waals surface area (Å²) in [7, 11) is 0. The number of aliphatic carboxylic acids is 1. The lowest BCUT2D eigenvalue weighted by Gasteiger charge is -2.16. The number of aliphatic hydroxyl groups is 1. The molecule has 0 saturated carbocycles. The number of nitrogens with zero attached hydrogens (tertiary/aromatic N) is 2. The van der Waals surface area contributed by atoms with Crippen molar-refractivity contribution in [1.82, 2.24) is 25.8 Å². The van der Waals surface area contributed by atoms with E-state index in [-0.39, 0.29) is 13.0 Å². The zero-order valence-electron chi connectivity index (χ0n) is 9.75. The van der Waals surface area contributed by atoms with Gasteiger partial charge in [-0.3, -0.25) is 5.10 Å². The number of hydrogen-bond donors (Lipinski definition) is 5. The smallest absolute Gasteiger partial charge is 0.326 e. The van der Waals surface area contributed by atoms with Crippen LogP contribution in [0, 0.1) is 0 Å². The monoisotopic (exact) mass is 257 g/mol. The fourth-order valence-electron chi connectivity index (χ4n) is 1.27. The molecular formula is C9H15N5O4. The van der Waals surface area contributed by atoms with E-state index in [1.807, 2.05) is 0 Å². The van der Waals surface area contributed by atoms with E-state index < -0.39 is 24.1 Å². The SMILES string of the molecule is CC(NC(=O)NC(CCO)C(=O)O)c1ncn[nH]1. The Labute approximate surface area is 103 Å². The first kappa shape index (κ1) is 13.9. The summed E-state index contributed by atoms with van der Waals surface area (Å²) in [6.45, 7) is 1.34. The quantitative estimate of drug-likeness (QED) is 0.442. The predicted molar refractivity (Wildman–Crippen MR) is 59.6 cm³/mol. The largest absolute Gasteiger partial charge is 0.480 e. The molecule has 0 saturated heterocycles. The van der Waals surface area contributed by atoms with Crippen LogP contribution >= 0.6 is 0 Å². The first-order valence-corrected chi connectivity index (χ1v) is 5.30. The van der Waals surface area contributed by atoms with Gasteiger partial charge in [-0.1, -0.05) is 0 Å². The molecule has 0 bridgehead atoms. The second-order valence-corrected chi connectivity index (χ2v) is 3.61. The van der Waals surface area contributed by atoms with Gasteiger partial charge in [-0.2, -0.15) is 5.10 Å². The molecule has 1 rings (SSSR count). The Morgan fingerprint density at radius 1 is 1.50 bits per heavy atom. The summed E-state index contributed by atoms with van der Waals surface area (Å²) >= 11 is 0. The van der Waals surface area contributed by atoms with Gasteiger partial charge in [0, 0.05) is 13.0 Å². The van der Waals surface area contributed by atoms with Crippen molar-refractivity contribution in [2.24, 2.45) is 0 Å². The van der Waals surface area contributed by atoms with Crippen LogP contribution in [0.3, 0.4) is 0 Å². The number of H-pyrrole nitrogens is 1. The summed E-state index contributed by atoms with van der Waals surface area (Å²) in [5.41, 5.74) is 0. The number of carbonyl (C=O) groups is 2. The average Bonchev–Trinajstić information content (AvgIpc) is 2.81. The number of urea groups is 1. The first-order valence-electron chi connectivity index (χ1n) is 5.30. The highest BCUT2D eigenvalue weighted by molar-refractivity contribution is 5.82. The van der Waals surface area contributed by atoms with Crippen LogP contribution in [0.1, 0.15) is 25.2 Å². The van der Waals surface area contributed by atoms with Gasteiger partial charge in [0.2, 0.25) is 0 Å². The van der Waals surface area contributed by atoms with Crippen LogP contribution in [-0.2, 0) is 4.79 Å².